The summed E-state index contributed by atoms with van der Waals surface area (Å²) in [6.07, 6.45) is 5.80. The van der Waals surface area contributed by atoms with Gasteiger partial charge in [0.1, 0.15) is 6.20 Å². The number of rotatable bonds is 6. The molecule has 22 heavy (non-hydrogen) atoms. The normalized spacial score (nSPS) is 10.8. The van der Waals surface area contributed by atoms with Crippen molar-refractivity contribution >= 4 is 17.9 Å². The first-order valence-corrected chi connectivity index (χ1v) is 6.69. The van der Waals surface area contributed by atoms with Crippen LogP contribution in [0.1, 0.15) is 18.1 Å². The van der Waals surface area contributed by atoms with E-state index in [4.69, 9.17) is 4.74 Å². The van der Waals surface area contributed by atoms with Crippen molar-refractivity contribution in [3.05, 3.63) is 64.1 Å². The highest BCUT2D eigenvalue weighted by Crippen LogP contribution is 2.14. The Morgan fingerprint density at radius 3 is 2.91 bits per heavy atom. The van der Waals surface area contributed by atoms with Crippen LogP contribution in [0, 0.1) is 10.1 Å². The van der Waals surface area contributed by atoms with Crippen molar-refractivity contribution in [1.82, 2.24) is 9.55 Å². The Labute approximate surface area is 127 Å². The summed E-state index contributed by atoms with van der Waals surface area (Å²) in [7, 11) is 0. The summed E-state index contributed by atoms with van der Waals surface area (Å²) in [6, 6.07) is 7.46. The summed E-state index contributed by atoms with van der Waals surface area (Å²) >= 11 is 0. The third-order valence-corrected chi connectivity index (χ3v) is 2.90. The summed E-state index contributed by atoms with van der Waals surface area (Å²) in [5, 5.41) is 10.6. The molecule has 0 aliphatic rings. The van der Waals surface area contributed by atoms with Gasteiger partial charge >= 0.3 is 11.8 Å². The third-order valence-electron chi connectivity index (χ3n) is 2.90. The first-order chi connectivity index (χ1) is 10.6. The summed E-state index contributed by atoms with van der Waals surface area (Å²) in [6.45, 7) is 2.49. The second kappa shape index (κ2) is 7.16. The molecule has 0 aliphatic carbocycles. The highest BCUT2D eigenvalue weighted by molar-refractivity contribution is 5.87. The minimum absolute atomic E-state index is 0.195. The molecule has 7 nitrogen and oxygen atoms in total. The van der Waals surface area contributed by atoms with Crippen molar-refractivity contribution in [1.29, 1.82) is 0 Å². The number of benzene rings is 1. The van der Waals surface area contributed by atoms with E-state index in [1.807, 2.05) is 24.3 Å². The fraction of sp³-hybridized carbons (Fsp3) is 0.200. The standard InChI is InChI=1S/C15H15N3O4/c1-2-22-15(19)8-7-12-5-3-4-6-13(12)9-17-10-14(16-11-17)18(20)21/h3-8,10-11H,2,9H2,1H3. The second-order valence-electron chi connectivity index (χ2n) is 4.45. The van der Waals surface area contributed by atoms with Crippen molar-refractivity contribution in [2.24, 2.45) is 0 Å². The lowest BCUT2D eigenvalue weighted by Crippen LogP contribution is -2.01. The van der Waals surface area contributed by atoms with Gasteiger partial charge in [0.25, 0.3) is 0 Å². The molecule has 0 fully saturated rings. The van der Waals surface area contributed by atoms with Gasteiger partial charge in [-0.15, -0.1) is 0 Å². The number of nitro groups is 1. The van der Waals surface area contributed by atoms with E-state index in [1.165, 1.54) is 18.6 Å². The van der Waals surface area contributed by atoms with Crippen molar-refractivity contribution in [2.45, 2.75) is 13.5 Å². The summed E-state index contributed by atoms with van der Waals surface area (Å²) < 4.78 is 6.46. The minimum atomic E-state index is -0.539. The quantitative estimate of drug-likeness (QED) is 0.354. The van der Waals surface area contributed by atoms with Crippen LogP contribution < -0.4 is 0 Å². The van der Waals surface area contributed by atoms with Gasteiger partial charge in [-0.3, -0.25) is 0 Å². The van der Waals surface area contributed by atoms with E-state index in [1.54, 1.807) is 17.6 Å². The van der Waals surface area contributed by atoms with E-state index in [-0.39, 0.29) is 5.82 Å². The second-order valence-corrected chi connectivity index (χ2v) is 4.45. The minimum Gasteiger partial charge on any atom is -0.463 e. The number of nitrogens with zero attached hydrogens (tertiary/aromatic N) is 3. The van der Waals surface area contributed by atoms with Crippen LogP contribution in [0.5, 0.6) is 0 Å². The van der Waals surface area contributed by atoms with Crippen LogP contribution in [0.3, 0.4) is 0 Å². The highest BCUT2D eigenvalue weighted by Gasteiger charge is 2.10. The van der Waals surface area contributed by atoms with Crippen LogP contribution in [0.25, 0.3) is 6.08 Å². The maximum atomic E-state index is 11.4. The fourth-order valence-corrected chi connectivity index (χ4v) is 1.91. The summed E-state index contributed by atoms with van der Waals surface area (Å²) in [4.78, 5) is 25.2. The fourth-order valence-electron chi connectivity index (χ4n) is 1.91. The van der Waals surface area contributed by atoms with Gasteiger partial charge in [0.15, 0.2) is 0 Å². The molecule has 1 aromatic heterocycles. The largest absolute Gasteiger partial charge is 0.463 e. The van der Waals surface area contributed by atoms with Crippen LogP contribution in [0.15, 0.2) is 42.9 Å². The van der Waals surface area contributed by atoms with Crippen LogP contribution in [0.4, 0.5) is 5.82 Å². The number of hydrogen-bond donors (Lipinski definition) is 0. The first-order valence-electron chi connectivity index (χ1n) is 6.69. The van der Waals surface area contributed by atoms with Crippen LogP contribution in [0.2, 0.25) is 0 Å². The van der Waals surface area contributed by atoms with Crippen molar-refractivity contribution in [3.63, 3.8) is 0 Å². The molecule has 1 heterocycles. The average Bonchev–Trinajstić information content (AvgIpc) is 2.95. The first kappa shape index (κ1) is 15.4. The molecule has 0 amide bonds. The zero-order valence-corrected chi connectivity index (χ0v) is 12.0. The van der Waals surface area contributed by atoms with Crippen LogP contribution in [-0.2, 0) is 16.1 Å². The van der Waals surface area contributed by atoms with E-state index in [0.717, 1.165) is 11.1 Å². The SMILES string of the molecule is CCOC(=O)C=Cc1ccccc1Cn1cnc([N+](=O)[O-])c1. The Kier molecular flexibility index (Phi) is 5.02. The summed E-state index contributed by atoms with van der Waals surface area (Å²) in [5.41, 5.74) is 1.75. The number of hydrogen-bond acceptors (Lipinski definition) is 5. The third kappa shape index (κ3) is 4.02. The van der Waals surface area contributed by atoms with Crippen LogP contribution in [-0.4, -0.2) is 27.1 Å². The molecule has 2 aromatic rings. The molecule has 0 spiro atoms. The predicted molar refractivity (Wildman–Crippen MR) is 80.1 cm³/mol. The number of carbonyl (C=O) groups excluding carboxylic acids is 1. The number of aromatic nitrogens is 2. The molecule has 0 N–H and O–H groups in total. The molecule has 2 rings (SSSR count). The number of esters is 1. The van der Waals surface area contributed by atoms with Gasteiger partial charge in [0.05, 0.1) is 13.2 Å². The number of carbonyl (C=O) groups is 1. The van der Waals surface area contributed by atoms with E-state index < -0.39 is 10.9 Å². The Balaban J connectivity index is 2.17. The zero-order chi connectivity index (χ0) is 15.9. The van der Waals surface area contributed by atoms with Gasteiger partial charge in [-0.25, -0.2) is 4.79 Å². The predicted octanol–water partition coefficient (Wildman–Crippen LogP) is 2.42. The van der Waals surface area contributed by atoms with Crippen molar-refractivity contribution in [3.8, 4) is 0 Å². The van der Waals surface area contributed by atoms with Crippen LogP contribution >= 0.6 is 0 Å². The molecule has 0 aliphatic heterocycles. The lowest BCUT2D eigenvalue weighted by Gasteiger charge is -2.05. The van der Waals surface area contributed by atoms with Gasteiger partial charge in [0, 0.05) is 6.08 Å². The lowest BCUT2D eigenvalue weighted by atomic mass is 10.1. The topological polar surface area (TPSA) is 87.3 Å². The number of ether oxygens (including phenoxy) is 1. The molecular weight excluding hydrogens is 286 g/mol. The molecule has 7 heteroatoms. The Hall–Kier alpha value is -2.96. The molecule has 0 atom stereocenters. The van der Waals surface area contributed by atoms with Gasteiger partial charge in [0.2, 0.25) is 6.33 Å². The molecule has 0 bridgehead atoms. The highest BCUT2D eigenvalue weighted by atomic mass is 16.6. The molecule has 114 valence electrons. The van der Waals surface area contributed by atoms with Gasteiger partial charge in [-0.1, -0.05) is 24.3 Å². The maximum Gasteiger partial charge on any atom is 0.381 e. The smallest absolute Gasteiger partial charge is 0.381 e. The summed E-state index contributed by atoms with van der Waals surface area (Å²) in [5.74, 6) is -0.602. The van der Waals surface area contributed by atoms with Crippen molar-refractivity contribution < 1.29 is 14.5 Å². The van der Waals surface area contributed by atoms with Gasteiger partial charge < -0.3 is 19.4 Å². The van der Waals surface area contributed by atoms with Crippen molar-refractivity contribution in [2.75, 3.05) is 6.61 Å². The van der Waals surface area contributed by atoms with E-state index in [2.05, 4.69) is 4.98 Å². The molecular formula is C15H15N3O4. The molecule has 0 unspecified atom stereocenters. The molecule has 0 radical (unpaired) electrons. The molecule has 1 aromatic carbocycles. The Morgan fingerprint density at radius 1 is 1.45 bits per heavy atom. The molecule has 0 saturated carbocycles. The Morgan fingerprint density at radius 2 is 2.23 bits per heavy atom. The Bertz CT molecular complexity index is 706. The molecule has 0 saturated heterocycles. The number of imidazole rings is 1. The van der Waals surface area contributed by atoms with E-state index in [0.29, 0.717) is 13.2 Å². The average molecular weight is 301 g/mol. The van der Waals surface area contributed by atoms with Gasteiger partial charge in [-0.2, -0.15) is 0 Å². The monoisotopic (exact) mass is 301 g/mol. The zero-order valence-electron chi connectivity index (χ0n) is 12.0. The van der Waals surface area contributed by atoms with E-state index >= 15 is 0 Å². The maximum absolute atomic E-state index is 11.4. The van der Waals surface area contributed by atoms with Gasteiger partial charge in [-0.05, 0) is 34.0 Å². The lowest BCUT2D eigenvalue weighted by molar-refractivity contribution is -0.389. The van der Waals surface area contributed by atoms with E-state index in [9.17, 15) is 14.9 Å².